The minimum absolute atomic E-state index is 0.129. The monoisotopic (exact) mass is 785 g/mol. The van der Waals surface area contributed by atoms with Gasteiger partial charge in [0.25, 0.3) is 17.7 Å². The summed E-state index contributed by atoms with van der Waals surface area (Å²) in [4.78, 5) is 64.6. The van der Waals surface area contributed by atoms with Crippen LogP contribution in [0.25, 0.3) is 0 Å². The first kappa shape index (κ1) is 41.6. The Hall–Kier alpha value is -6.07. The quantitative estimate of drug-likeness (QED) is 0.0736. The second-order valence-electron chi connectivity index (χ2n) is 14.0. The molecule has 0 atom stereocenters. The minimum atomic E-state index is -0.129. The van der Waals surface area contributed by atoms with Gasteiger partial charge in [-0.05, 0) is 53.1 Å². The van der Waals surface area contributed by atoms with Gasteiger partial charge >= 0.3 is 0 Å². The van der Waals surface area contributed by atoms with Crippen molar-refractivity contribution in [1.29, 1.82) is 0 Å². The summed E-state index contributed by atoms with van der Waals surface area (Å²) in [5.74, 6) is -0.388. The molecule has 6 N–H and O–H groups in total. The Balaban J connectivity index is 0.919. The number of amides is 3. The predicted molar refractivity (Wildman–Crippen MR) is 230 cm³/mol. The number of carbonyl (C=O) groups excluding carboxylic acids is 3. The van der Waals surface area contributed by atoms with E-state index in [0.717, 1.165) is 73.1 Å². The molecule has 0 aromatic heterocycles. The number of hydrogen-bond acceptors (Lipinski definition) is 13. The molecule has 0 saturated heterocycles. The lowest BCUT2D eigenvalue weighted by atomic mass is 10.1. The molecule has 0 unspecified atom stereocenters. The molecule has 0 bridgehead atoms. The third-order valence-corrected chi connectivity index (χ3v) is 9.60. The van der Waals surface area contributed by atoms with E-state index in [1.165, 1.54) is 19.0 Å². The van der Waals surface area contributed by atoms with Crippen LogP contribution in [0.1, 0.15) is 47.8 Å². The van der Waals surface area contributed by atoms with Gasteiger partial charge < -0.3 is 31.9 Å². The van der Waals surface area contributed by atoms with E-state index >= 15 is 0 Å². The summed E-state index contributed by atoms with van der Waals surface area (Å²) in [6, 6.07) is 22.9. The minimum Gasteiger partial charge on any atom is -0.347 e. The summed E-state index contributed by atoms with van der Waals surface area (Å²) >= 11 is 0. The zero-order valence-electron chi connectivity index (χ0n) is 32.6. The Morgan fingerprint density at radius 1 is 0.431 bits per heavy atom. The van der Waals surface area contributed by atoms with Gasteiger partial charge in [0.2, 0.25) is 0 Å². The maximum absolute atomic E-state index is 12.5. The summed E-state index contributed by atoms with van der Waals surface area (Å²) in [5, 5.41) is 19.3. The maximum Gasteiger partial charge on any atom is 0.251 e. The number of rotatable bonds is 24. The van der Waals surface area contributed by atoms with Crippen molar-refractivity contribution >= 4 is 53.9 Å². The number of nitrogens with one attached hydrogen (secondary N) is 6. The van der Waals surface area contributed by atoms with Crippen molar-refractivity contribution in [3.05, 3.63) is 106 Å². The highest BCUT2D eigenvalue weighted by molar-refractivity contribution is 6.03. The van der Waals surface area contributed by atoms with Crippen LogP contribution in [0.3, 0.4) is 0 Å². The highest BCUT2D eigenvalue weighted by atomic mass is 16.2. The molecule has 16 heteroatoms. The average Bonchev–Trinajstić information content (AvgIpc) is 4.09. The molecule has 0 saturated carbocycles. The Morgan fingerprint density at radius 3 is 0.983 bits per heavy atom. The first-order valence-electron chi connectivity index (χ1n) is 19.6. The van der Waals surface area contributed by atoms with Crippen molar-refractivity contribution < 1.29 is 14.4 Å². The van der Waals surface area contributed by atoms with Gasteiger partial charge in [0, 0.05) is 75.6 Å². The van der Waals surface area contributed by atoms with E-state index < -0.39 is 0 Å². The van der Waals surface area contributed by atoms with Crippen LogP contribution in [-0.2, 0) is 19.6 Å². The lowest BCUT2D eigenvalue weighted by Gasteiger charge is -2.23. The fourth-order valence-corrected chi connectivity index (χ4v) is 6.15. The maximum atomic E-state index is 12.5. The molecule has 0 aliphatic carbocycles. The molecule has 302 valence electrons. The molecule has 0 radical (unpaired) electrons. The van der Waals surface area contributed by atoms with E-state index in [2.05, 4.69) is 66.8 Å². The molecule has 6 rings (SSSR count). The smallest absolute Gasteiger partial charge is 0.251 e. The molecule has 3 aliphatic rings. The molecule has 3 aromatic carbocycles. The van der Waals surface area contributed by atoms with E-state index in [-0.39, 0.29) is 17.7 Å². The Morgan fingerprint density at radius 2 is 0.724 bits per heavy atom. The number of aliphatic imine (C=N–C) groups is 6. The molecular weight excluding hydrogens is 735 g/mol. The van der Waals surface area contributed by atoms with Crippen LogP contribution in [-0.4, -0.2) is 137 Å². The van der Waals surface area contributed by atoms with Gasteiger partial charge in [-0.3, -0.25) is 34.3 Å². The largest absolute Gasteiger partial charge is 0.347 e. The second kappa shape index (κ2) is 22.6. The highest BCUT2D eigenvalue weighted by Gasteiger charge is 2.12. The van der Waals surface area contributed by atoms with Crippen molar-refractivity contribution in [3.63, 3.8) is 0 Å². The van der Waals surface area contributed by atoms with Gasteiger partial charge in [0.1, 0.15) is 19.0 Å². The van der Waals surface area contributed by atoms with Crippen LogP contribution >= 0.6 is 0 Å². The van der Waals surface area contributed by atoms with Gasteiger partial charge in [0.15, 0.2) is 0 Å². The number of benzene rings is 3. The summed E-state index contributed by atoms with van der Waals surface area (Å²) in [6.07, 6.45) is 4.56. The normalized spacial score (nSPS) is 14.1. The number of nitrogens with zero attached hydrogens (tertiary/aromatic N) is 7. The highest BCUT2D eigenvalue weighted by Crippen LogP contribution is 2.07. The van der Waals surface area contributed by atoms with Crippen LogP contribution in [0.15, 0.2) is 103 Å². The second-order valence-corrected chi connectivity index (χ2v) is 14.0. The van der Waals surface area contributed by atoms with Crippen molar-refractivity contribution in [2.45, 2.75) is 19.6 Å². The number of carbonyl (C=O) groups is 3. The molecule has 58 heavy (non-hydrogen) atoms. The molecule has 3 aromatic rings. The van der Waals surface area contributed by atoms with Crippen LogP contribution in [0.5, 0.6) is 0 Å². The molecule has 3 aliphatic heterocycles. The Labute approximate surface area is 338 Å². The molecule has 16 nitrogen and oxygen atoms in total. The van der Waals surface area contributed by atoms with E-state index in [1.807, 2.05) is 72.8 Å². The summed E-state index contributed by atoms with van der Waals surface area (Å²) in [6.45, 7) is 9.78. The van der Waals surface area contributed by atoms with E-state index in [9.17, 15) is 14.4 Å². The van der Waals surface area contributed by atoms with Crippen LogP contribution < -0.4 is 31.9 Å². The number of hydrogen-bond donors (Lipinski definition) is 6. The topological polar surface area (TPSA) is 201 Å². The predicted octanol–water partition coefficient (Wildman–Crippen LogP) is 1.30. The lowest BCUT2D eigenvalue weighted by molar-refractivity contribution is 0.0951. The fourth-order valence-electron chi connectivity index (χ4n) is 6.15. The van der Waals surface area contributed by atoms with E-state index in [1.54, 1.807) is 0 Å². The summed E-state index contributed by atoms with van der Waals surface area (Å²) in [7, 11) is 0. The molecule has 0 spiro atoms. The van der Waals surface area contributed by atoms with Gasteiger partial charge in [0.05, 0.1) is 56.4 Å². The summed E-state index contributed by atoms with van der Waals surface area (Å²) < 4.78 is 0. The fraction of sp³-hybridized carbons (Fsp3) is 0.357. The standard InChI is InChI=1S/C42H51N13O3/c56-40(49-25-37-22-46-28-52-37)34-7-1-31(2-8-34)19-43-13-16-55(17-14-44-20-32-3-9-35(10-4-32)41(57)50-26-38-23-47-29-53-38)18-15-45-21-33-5-11-36(12-6-33)42(58)51-27-39-24-48-30-54-39/h1-12,28-30,43-45H,13-27H2,(H,49,56)(H,50,57)(H,51,58). The Bertz CT molecular complexity index is 1790. The van der Waals surface area contributed by atoms with Gasteiger partial charge in [-0.1, -0.05) is 36.4 Å². The van der Waals surface area contributed by atoms with Gasteiger partial charge in [-0.15, -0.1) is 0 Å². The average molecular weight is 786 g/mol. The lowest BCUT2D eigenvalue weighted by Crippen LogP contribution is -2.40. The summed E-state index contributed by atoms with van der Waals surface area (Å²) in [5.41, 5.74) is 7.68. The van der Waals surface area contributed by atoms with Crippen LogP contribution in [0.4, 0.5) is 0 Å². The van der Waals surface area contributed by atoms with Crippen molar-refractivity contribution in [2.75, 3.05) is 78.5 Å². The van der Waals surface area contributed by atoms with Crippen LogP contribution in [0, 0.1) is 0 Å². The van der Waals surface area contributed by atoms with Crippen LogP contribution in [0.2, 0.25) is 0 Å². The first-order valence-corrected chi connectivity index (χ1v) is 19.6. The first-order chi connectivity index (χ1) is 28.5. The molecule has 3 heterocycles. The zero-order valence-corrected chi connectivity index (χ0v) is 32.6. The third-order valence-electron chi connectivity index (χ3n) is 9.60. The third kappa shape index (κ3) is 13.8. The van der Waals surface area contributed by atoms with E-state index in [4.69, 9.17) is 0 Å². The van der Waals surface area contributed by atoms with E-state index in [0.29, 0.717) is 75.6 Å². The molecule has 3 amide bonds. The van der Waals surface area contributed by atoms with Crippen molar-refractivity contribution in [2.24, 2.45) is 30.0 Å². The van der Waals surface area contributed by atoms with Crippen molar-refractivity contribution in [1.82, 2.24) is 36.8 Å². The SMILES string of the molecule is O=C(NCC1=NC=NC1)c1ccc(CNCCN(CCNCc2ccc(C(=O)NCC3=NC=NC3)cc2)CCNCc2ccc(C(=O)NCC3=NC=NC3)cc2)cc1. The zero-order chi connectivity index (χ0) is 40.2. The van der Waals surface area contributed by atoms with Crippen molar-refractivity contribution in [3.8, 4) is 0 Å². The van der Waals surface area contributed by atoms with Gasteiger partial charge in [-0.2, -0.15) is 0 Å². The molecule has 0 fully saturated rings. The molecular formula is C42H51N13O3. The Kier molecular flexibility index (Phi) is 16.2. The van der Waals surface area contributed by atoms with Gasteiger partial charge in [-0.25, -0.2) is 15.0 Å².